The van der Waals surface area contributed by atoms with Crippen LogP contribution in [0.4, 0.5) is 10.5 Å². The lowest BCUT2D eigenvalue weighted by atomic mass is 10.0. The first-order chi connectivity index (χ1) is 12.7. The lowest BCUT2D eigenvalue weighted by Crippen LogP contribution is -2.43. The molecular weight excluding hydrogens is 340 g/mol. The van der Waals surface area contributed by atoms with Gasteiger partial charge in [0, 0.05) is 0 Å². The number of hydrogen-bond acceptors (Lipinski definition) is 4. The summed E-state index contributed by atoms with van der Waals surface area (Å²) in [6.45, 7) is 7.07. The van der Waals surface area contributed by atoms with E-state index < -0.39 is 17.6 Å². The van der Waals surface area contributed by atoms with Crippen LogP contribution in [0.2, 0.25) is 0 Å². The smallest absolute Gasteiger partial charge is 0.421 e. The van der Waals surface area contributed by atoms with E-state index in [1.54, 1.807) is 32.9 Å². The van der Waals surface area contributed by atoms with Gasteiger partial charge in [-0.15, -0.1) is 0 Å². The lowest BCUT2D eigenvalue weighted by molar-refractivity contribution is -0.117. The molecule has 0 atom stereocenters. The van der Waals surface area contributed by atoms with Gasteiger partial charge in [-0.25, -0.2) is 9.69 Å². The second-order valence-electron chi connectivity index (χ2n) is 7.33. The number of amides is 2. The Bertz CT molecular complexity index is 775. The van der Waals surface area contributed by atoms with Crippen LogP contribution in [-0.2, 0) is 22.4 Å². The second kappa shape index (κ2) is 8.82. The molecule has 0 heterocycles. The van der Waals surface area contributed by atoms with Crippen molar-refractivity contribution in [3.05, 3.63) is 65.2 Å². The van der Waals surface area contributed by atoms with Crippen LogP contribution >= 0.6 is 0 Å². The van der Waals surface area contributed by atoms with Crippen LogP contribution in [-0.4, -0.2) is 24.1 Å². The summed E-state index contributed by atoms with van der Waals surface area (Å²) >= 11 is 0. The highest BCUT2D eigenvalue weighted by molar-refractivity contribution is 6.13. The number of imide groups is 1. The van der Waals surface area contributed by atoms with E-state index >= 15 is 0 Å². The van der Waals surface area contributed by atoms with Gasteiger partial charge in [0.2, 0.25) is 5.91 Å². The SMILES string of the molecule is CCc1ccc(Cc2[c]cc(N(C(=O)CN)C(=O)OC(C)(C)C)cc2)cc1. The van der Waals surface area contributed by atoms with Crippen molar-refractivity contribution in [1.82, 2.24) is 0 Å². The number of aryl methyl sites for hydroxylation is 1. The molecule has 5 heteroatoms. The van der Waals surface area contributed by atoms with E-state index in [1.807, 2.05) is 6.07 Å². The van der Waals surface area contributed by atoms with E-state index in [2.05, 4.69) is 37.3 Å². The molecule has 2 aromatic rings. The molecule has 0 aromatic heterocycles. The molecule has 143 valence electrons. The number of ether oxygens (including phenoxy) is 1. The third-order valence-corrected chi connectivity index (χ3v) is 3.94. The van der Waals surface area contributed by atoms with Gasteiger partial charge in [0.25, 0.3) is 0 Å². The van der Waals surface area contributed by atoms with E-state index in [9.17, 15) is 9.59 Å². The van der Waals surface area contributed by atoms with E-state index in [0.717, 1.165) is 23.3 Å². The predicted octanol–water partition coefficient (Wildman–Crippen LogP) is 3.87. The van der Waals surface area contributed by atoms with Crippen molar-refractivity contribution in [2.24, 2.45) is 5.73 Å². The number of nitrogens with zero attached hydrogens (tertiary/aromatic N) is 1. The molecule has 1 radical (unpaired) electrons. The lowest BCUT2D eigenvalue weighted by Gasteiger charge is -2.26. The summed E-state index contributed by atoms with van der Waals surface area (Å²) in [5, 5.41) is 0. The van der Waals surface area contributed by atoms with Gasteiger partial charge in [-0.3, -0.25) is 4.79 Å². The molecule has 2 rings (SSSR count). The molecule has 5 nitrogen and oxygen atoms in total. The molecule has 0 saturated carbocycles. The molecular formula is C22H27N2O3. The molecule has 27 heavy (non-hydrogen) atoms. The minimum absolute atomic E-state index is 0.287. The van der Waals surface area contributed by atoms with Gasteiger partial charge >= 0.3 is 6.09 Å². The Morgan fingerprint density at radius 2 is 1.70 bits per heavy atom. The first-order valence-electron chi connectivity index (χ1n) is 9.08. The predicted molar refractivity (Wildman–Crippen MR) is 107 cm³/mol. The van der Waals surface area contributed by atoms with Crippen molar-refractivity contribution in [1.29, 1.82) is 0 Å². The number of rotatable bonds is 5. The molecule has 0 fully saturated rings. The zero-order chi connectivity index (χ0) is 20.0. The van der Waals surface area contributed by atoms with Crippen molar-refractivity contribution in [2.45, 2.75) is 46.1 Å². The summed E-state index contributed by atoms with van der Waals surface area (Å²) in [6.07, 6.45) is 0.993. The normalized spacial score (nSPS) is 11.1. The summed E-state index contributed by atoms with van der Waals surface area (Å²) in [5.41, 5.74) is 8.58. The largest absolute Gasteiger partial charge is 0.443 e. The number of nitrogens with two attached hydrogens (primary N) is 1. The monoisotopic (exact) mass is 367 g/mol. The van der Waals surface area contributed by atoms with Crippen LogP contribution in [0, 0.1) is 6.07 Å². The molecule has 0 bridgehead atoms. The van der Waals surface area contributed by atoms with Gasteiger partial charge in [0.15, 0.2) is 0 Å². The van der Waals surface area contributed by atoms with E-state index in [-0.39, 0.29) is 6.54 Å². The number of anilines is 1. The zero-order valence-electron chi connectivity index (χ0n) is 16.4. The van der Waals surface area contributed by atoms with Crippen molar-refractivity contribution < 1.29 is 14.3 Å². The number of carbonyl (C=O) groups is 2. The van der Waals surface area contributed by atoms with Crippen molar-refractivity contribution in [3.8, 4) is 0 Å². The fraction of sp³-hybridized carbons (Fsp3) is 0.364. The van der Waals surface area contributed by atoms with Gasteiger partial charge in [-0.1, -0.05) is 37.3 Å². The molecule has 0 spiro atoms. The Labute approximate surface area is 161 Å². The first-order valence-corrected chi connectivity index (χ1v) is 9.08. The number of carbonyl (C=O) groups excluding carboxylic acids is 2. The third-order valence-electron chi connectivity index (χ3n) is 3.94. The summed E-state index contributed by atoms with van der Waals surface area (Å²) in [4.78, 5) is 25.5. The van der Waals surface area contributed by atoms with Crippen molar-refractivity contribution >= 4 is 17.7 Å². The maximum Gasteiger partial charge on any atom is 0.421 e. The van der Waals surface area contributed by atoms with Gasteiger partial charge in [0.05, 0.1) is 12.2 Å². The summed E-state index contributed by atoms with van der Waals surface area (Å²) in [5.74, 6) is -0.527. The summed E-state index contributed by atoms with van der Waals surface area (Å²) < 4.78 is 5.32. The molecule has 2 N–H and O–H groups in total. The molecule has 0 aliphatic heterocycles. The van der Waals surface area contributed by atoms with E-state index in [0.29, 0.717) is 5.69 Å². The molecule has 0 saturated heterocycles. The van der Waals surface area contributed by atoms with Crippen molar-refractivity contribution in [3.63, 3.8) is 0 Å². The molecule has 2 aromatic carbocycles. The summed E-state index contributed by atoms with van der Waals surface area (Å²) in [7, 11) is 0. The van der Waals surface area contributed by atoms with Crippen molar-refractivity contribution in [2.75, 3.05) is 11.4 Å². The third kappa shape index (κ3) is 5.93. The Morgan fingerprint density at radius 3 is 2.19 bits per heavy atom. The fourth-order valence-electron chi connectivity index (χ4n) is 2.56. The highest BCUT2D eigenvalue weighted by Gasteiger charge is 2.27. The van der Waals surface area contributed by atoms with Crippen LogP contribution in [0.3, 0.4) is 0 Å². The quantitative estimate of drug-likeness (QED) is 0.871. The Morgan fingerprint density at radius 1 is 1.07 bits per heavy atom. The number of benzene rings is 2. The highest BCUT2D eigenvalue weighted by atomic mass is 16.6. The maximum atomic E-state index is 12.4. The van der Waals surface area contributed by atoms with Gasteiger partial charge < -0.3 is 10.5 Å². The van der Waals surface area contributed by atoms with Crippen LogP contribution < -0.4 is 10.6 Å². The average Bonchev–Trinajstić information content (AvgIpc) is 2.62. The standard InChI is InChI=1S/C22H27N2O3/c1-5-16-6-8-17(9-7-16)14-18-10-12-19(13-11-18)24(20(25)15-23)21(26)27-22(2,3)4/h6-10,12-13H,5,14-15,23H2,1-4H3. The maximum absolute atomic E-state index is 12.4. The van der Waals surface area contributed by atoms with Crippen LogP contribution in [0.5, 0.6) is 0 Å². The fourth-order valence-corrected chi connectivity index (χ4v) is 2.56. The average molecular weight is 367 g/mol. The summed E-state index contributed by atoms with van der Waals surface area (Å²) in [6, 6.07) is 16.8. The van der Waals surface area contributed by atoms with Crippen LogP contribution in [0.15, 0.2) is 42.5 Å². The first kappa shape index (κ1) is 20.6. The van der Waals surface area contributed by atoms with E-state index in [4.69, 9.17) is 10.5 Å². The van der Waals surface area contributed by atoms with Gasteiger partial charge in [-0.05, 0) is 68.5 Å². The minimum atomic E-state index is -0.741. The zero-order valence-corrected chi connectivity index (χ0v) is 16.4. The van der Waals surface area contributed by atoms with Crippen LogP contribution in [0.25, 0.3) is 0 Å². The second-order valence-corrected chi connectivity index (χ2v) is 7.33. The number of hydrogen-bond donors (Lipinski definition) is 1. The molecule has 0 unspecified atom stereocenters. The highest BCUT2D eigenvalue weighted by Crippen LogP contribution is 2.20. The molecule has 0 aliphatic carbocycles. The van der Waals surface area contributed by atoms with Gasteiger partial charge in [-0.2, -0.15) is 0 Å². The Kier molecular flexibility index (Phi) is 6.75. The Balaban J connectivity index is 2.18. The topological polar surface area (TPSA) is 72.6 Å². The Hall–Kier alpha value is -2.66. The molecule has 0 aliphatic rings. The van der Waals surface area contributed by atoms with E-state index in [1.165, 1.54) is 11.1 Å². The minimum Gasteiger partial charge on any atom is -0.443 e. The van der Waals surface area contributed by atoms with Crippen LogP contribution in [0.1, 0.15) is 44.4 Å². The molecule has 2 amide bonds. The van der Waals surface area contributed by atoms with Gasteiger partial charge in [0.1, 0.15) is 5.60 Å².